The van der Waals surface area contributed by atoms with Crippen molar-refractivity contribution < 1.29 is 4.74 Å². The molecule has 1 heterocycles. The summed E-state index contributed by atoms with van der Waals surface area (Å²) in [6.07, 6.45) is 2.59. The van der Waals surface area contributed by atoms with Crippen LogP contribution in [0, 0.1) is 11.8 Å². The molecule has 0 aromatic rings. The highest BCUT2D eigenvalue weighted by Crippen LogP contribution is 2.11. The van der Waals surface area contributed by atoms with Crippen LogP contribution in [0.25, 0.3) is 0 Å². The Morgan fingerprint density at radius 2 is 2.27 bits per heavy atom. The van der Waals surface area contributed by atoms with E-state index in [0.717, 1.165) is 38.1 Å². The van der Waals surface area contributed by atoms with Gasteiger partial charge in [-0.2, -0.15) is 11.8 Å². The van der Waals surface area contributed by atoms with Crippen LogP contribution in [0.1, 0.15) is 26.7 Å². The Morgan fingerprint density at radius 1 is 1.40 bits per heavy atom. The number of rotatable bonds is 8. The number of hydrogen-bond donors (Lipinski definition) is 1. The molecule has 0 aromatic heterocycles. The maximum atomic E-state index is 5.33. The summed E-state index contributed by atoms with van der Waals surface area (Å²) in [6, 6.07) is 0. The third-order valence-corrected chi connectivity index (χ3v) is 3.74. The fourth-order valence-corrected chi connectivity index (χ4v) is 2.75. The minimum absolute atomic E-state index is 0.769. The molecule has 3 heteroatoms. The molecule has 1 atom stereocenters. The van der Waals surface area contributed by atoms with Gasteiger partial charge in [0.15, 0.2) is 0 Å². The van der Waals surface area contributed by atoms with Gasteiger partial charge in [0.2, 0.25) is 0 Å². The molecular weight excluding hydrogens is 206 g/mol. The van der Waals surface area contributed by atoms with Crippen molar-refractivity contribution in [3.8, 4) is 0 Å². The molecule has 0 aliphatic carbocycles. The van der Waals surface area contributed by atoms with Gasteiger partial charge in [0.1, 0.15) is 0 Å². The Kier molecular flexibility index (Phi) is 7.49. The average molecular weight is 231 g/mol. The van der Waals surface area contributed by atoms with Crippen molar-refractivity contribution in [1.82, 2.24) is 5.32 Å². The van der Waals surface area contributed by atoms with Crippen molar-refractivity contribution in [2.75, 3.05) is 37.8 Å². The van der Waals surface area contributed by atoms with E-state index in [4.69, 9.17) is 4.74 Å². The van der Waals surface area contributed by atoms with Gasteiger partial charge >= 0.3 is 0 Å². The summed E-state index contributed by atoms with van der Waals surface area (Å²) in [5, 5.41) is 3.51. The van der Waals surface area contributed by atoms with Crippen molar-refractivity contribution in [2.24, 2.45) is 11.8 Å². The third kappa shape index (κ3) is 7.20. The van der Waals surface area contributed by atoms with Crippen LogP contribution in [0.3, 0.4) is 0 Å². The first-order valence-electron chi connectivity index (χ1n) is 6.15. The fraction of sp³-hybridized carbons (Fsp3) is 1.00. The van der Waals surface area contributed by atoms with E-state index < -0.39 is 0 Å². The molecule has 1 N–H and O–H groups in total. The molecule has 1 unspecified atom stereocenters. The van der Waals surface area contributed by atoms with E-state index in [1.54, 1.807) is 0 Å². The molecule has 1 rings (SSSR count). The Labute approximate surface area is 98.5 Å². The number of ether oxygens (including phenoxy) is 1. The standard InChI is InChI=1S/C12H25NOS/c1-11(2)4-7-15-8-5-13-9-12-3-6-14-10-12/h11-13H,3-10H2,1-2H3. The fourth-order valence-electron chi connectivity index (χ4n) is 1.62. The first-order valence-corrected chi connectivity index (χ1v) is 7.30. The van der Waals surface area contributed by atoms with Gasteiger partial charge < -0.3 is 10.1 Å². The molecule has 1 aliphatic heterocycles. The molecule has 0 radical (unpaired) electrons. The Balaban J connectivity index is 1.76. The lowest BCUT2D eigenvalue weighted by Crippen LogP contribution is -2.25. The molecule has 1 fully saturated rings. The van der Waals surface area contributed by atoms with Crippen LogP contribution in [0.4, 0.5) is 0 Å². The summed E-state index contributed by atoms with van der Waals surface area (Å²) in [6.45, 7) is 8.81. The lowest BCUT2D eigenvalue weighted by Gasteiger charge is -2.09. The number of hydrogen-bond acceptors (Lipinski definition) is 3. The van der Waals surface area contributed by atoms with Crippen molar-refractivity contribution >= 4 is 11.8 Å². The zero-order valence-electron chi connectivity index (χ0n) is 10.1. The normalized spacial score (nSPS) is 21.4. The minimum atomic E-state index is 0.769. The highest BCUT2D eigenvalue weighted by Gasteiger charge is 2.14. The molecular formula is C12H25NOS. The van der Waals surface area contributed by atoms with E-state index >= 15 is 0 Å². The number of nitrogens with one attached hydrogen (secondary N) is 1. The van der Waals surface area contributed by atoms with Crippen LogP contribution in [-0.2, 0) is 4.74 Å². The highest BCUT2D eigenvalue weighted by atomic mass is 32.2. The minimum Gasteiger partial charge on any atom is -0.381 e. The zero-order chi connectivity index (χ0) is 10.9. The molecule has 15 heavy (non-hydrogen) atoms. The summed E-state index contributed by atoms with van der Waals surface area (Å²) in [5.41, 5.74) is 0. The summed E-state index contributed by atoms with van der Waals surface area (Å²) < 4.78 is 5.33. The summed E-state index contributed by atoms with van der Waals surface area (Å²) in [7, 11) is 0. The molecule has 0 amide bonds. The van der Waals surface area contributed by atoms with E-state index in [2.05, 4.69) is 30.9 Å². The second-order valence-electron chi connectivity index (χ2n) is 4.73. The van der Waals surface area contributed by atoms with Gasteiger partial charge in [-0.1, -0.05) is 13.8 Å². The summed E-state index contributed by atoms with van der Waals surface area (Å²) >= 11 is 2.07. The maximum absolute atomic E-state index is 5.33. The predicted octanol–water partition coefficient (Wildman–Crippen LogP) is 2.39. The van der Waals surface area contributed by atoms with Crippen LogP contribution < -0.4 is 5.32 Å². The van der Waals surface area contributed by atoms with Crippen LogP contribution in [0.5, 0.6) is 0 Å². The van der Waals surface area contributed by atoms with E-state index in [9.17, 15) is 0 Å². The predicted molar refractivity (Wildman–Crippen MR) is 68.6 cm³/mol. The van der Waals surface area contributed by atoms with E-state index in [1.807, 2.05) is 0 Å². The van der Waals surface area contributed by atoms with Gasteiger partial charge in [-0.3, -0.25) is 0 Å². The molecule has 0 saturated carbocycles. The van der Waals surface area contributed by atoms with Crippen LogP contribution >= 0.6 is 11.8 Å². The number of thioether (sulfide) groups is 1. The van der Waals surface area contributed by atoms with Gasteiger partial charge in [-0.15, -0.1) is 0 Å². The summed E-state index contributed by atoms with van der Waals surface area (Å²) in [5.74, 6) is 4.18. The molecule has 1 aliphatic rings. The van der Waals surface area contributed by atoms with Crippen LogP contribution in [-0.4, -0.2) is 37.8 Å². The van der Waals surface area contributed by atoms with Crippen molar-refractivity contribution in [3.05, 3.63) is 0 Å². The molecule has 1 saturated heterocycles. The van der Waals surface area contributed by atoms with Gasteiger partial charge in [-0.25, -0.2) is 0 Å². The molecule has 0 spiro atoms. The van der Waals surface area contributed by atoms with Crippen molar-refractivity contribution in [2.45, 2.75) is 26.7 Å². The van der Waals surface area contributed by atoms with E-state index in [0.29, 0.717) is 0 Å². The zero-order valence-corrected chi connectivity index (χ0v) is 10.9. The average Bonchev–Trinajstić information content (AvgIpc) is 2.68. The van der Waals surface area contributed by atoms with Crippen LogP contribution in [0.2, 0.25) is 0 Å². The van der Waals surface area contributed by atoms with Gasteiger partial charge in [0.25, 0.3) is 0 Å². The quantitative estimate of drug-likeness (QED) is 0.648. The molecule has 2 nitrogen and oxygen atoms in total. The van der Waals surface area contributed by atoms with Crippen molar-refractivity contribution in [3.63, 3.8) is 0 Å². The van der Waals surface area contributed by atoms with Gasteiger partial charge in [0.05, 0.1) is 6.61 Å². The lowest BCUT2D eigenvalue weighted by atomic mass is 10.1. The maximum Gasteiger partial charge on any atom is 0.0507 e. The largest absolute Gasteiger partial charge is 0.381 e. The Bertz CT molecular complexity index is 147. The van der Waals surface area contributed by atoms with Crippen LogP contribution in [0.15, 0.2) is 0 Å². The monoisotopic (exact) mass is 231 g/mol. The molecule has 0 aromatic carbocycles. The van der Waals surface area contributed by atoms with E-state index in [1.165, 1.54) is 24.3 Å². The summed E-state index contributed by atoms with van der Waals surface area (Å²) in [4.78, 5) is 0. The molecule has 90 valence electrons. The smallest absolute Gasteiger partial charge is 0.0507 e. The third-order valence-electron chi connectivity index (χ3n) is 2.72. The lowest BCUT2D eigenvalue weighted by molar-refractivity contribution is 0.185. The first-order chi connectivity index (χ1) is 7.29. The SMILES string of the molecule is CC(C)CCSCCNCC1CCOC1. The highest BCUT2D eigenvalue weighted by molar-refractivity contribution is 7.99. The first kappa shape index (κ1) is 13.3. The second kappa shape index (κ2) is 8.43. The molecule has 0 bridgehead atoms. The topological polar surface area (TPSA) is 21.3 Å². The van der Waals surface area contributed by atoms with Crippen molar-refractivity contribution in [1.29, 1.82) is 0 Å². The Morgan fingerprint density at radius 3 is 2.93 bits per heavy atom. The van der Waals surface area contributed by atoms with Gasteiger partial charge in [0, 0.05) is 25.4 Å². The second-order valence-corrected chi connectivity index (χ2v) is 5.95. The van der Waals surface area contributed by atoms with E-state index in [-0.39, 0.29) is 0 Å². The van der Waals surface area contributed by atoms with Gasteiger partial charge in [-0.05, 0) is 30.4 Å². The Hall–Kier alpha value is 0.270.